The first-order valence-corrected chi connectivity index (χ1v) is 5.99. The highest BCUT2D eigenvalue weighted by atomic mass is 16.5. The number of carbonyl (C=O) groups excluding carboxylic acids is 1. The van der Waals surface area contributed by atoms with E-state index in [1.807, 2.05) is 25.2 Å². The molecule has 2 heterocycles. The number of amides is 1. The van der Waals surface area contributed by atoms with Crippen molar-refractivity contribution in [1.29, 1.82) is 0 Å². The minimum atomic E-state index is 0.0539. The fourth-order valence-corrected chi connectivity index (χ4v) is 2.27. The van der Waals surface area contributed by atoms with E-state index in [1.165, 1.54) is 0 Å². The number of hydrogen-bond donors (Lipinski definition) is 2. The van der Waals surface area contributed by atoms with Crippen molar-refractivity contribution in [3.8, 4) is 0 Å². The molecular weight excluding hydrogens is 244 g/mol. The van der Waals surface area contributed by atoms with E-state index in [9.17, 15) is 4.79 Å². The average molecular weight is 258 g/mol. The molecule has 1 aliphatic rings. The van der Waals surface area contributed by atoms with Crippen molar-refractivity contribution in [2.24, 2.45) is 0 Å². The van der Waals surface area contributed by atoms with Crippen LogP contribution in [0.3, 0.4) is 0 Å². The predicted octanol–water partition coefficient (Wildman–Crippen LogP) is 1.39. The van der Waals surface area contributed by atoms with Gasteiger partial charge in [0.25, 0.3) is 0 Å². The van der Waals surface area contributed by atoms with Crippen LogP contribution < -0.4 is 16.0 Å². The Morgan fingerprint density at radius 2 is 2.32 bits per heavy atom. The number of aromatic nitrogens is 1. The van der Waals surface area contributed by atoms with Gasteiger partial charge in [-0.1, -0.05) is 5.16 Å². The molecule has 3 rings (SSSR count). The molecule has 0 saturated heterocycles. The van der Waals surface area contributed by atoms with Crippen molar-refractivity contribution in [2.75, 3.05) is 23.0 Å². The maximum atomic E-state index is 12.1. The lowest BCUT2D eigenvalue weighted by Crippen LogP contribution is -2.25. The van der Waals surface area contributed by atoms with Gasteiger partial charge in [-0.2, -0.15) is 0 Å². The summed E-state index contributed by atoms with van der Waals surface area (Å²) in [6.07, 6.45) is 0.411. The average Bonchev–Trinajstić information content (AvgIpc) is 2.94. The van der Waals surface area contributed by atoms with Crippen LogP contribution >= 0.6 is 0 Å². The summed E-state index contributed by atoms with van der Waals surface area (Å²) in [6, 6.07) is 7.50. The molecule has 1 aromatic carbocycles. The first-order chi connectivity index (χ1) is 9.17. The predicted molar refractivity (Wildman–Crippen MR) is 71.8 cm³/mol. The van der Waals surface area contributed by atoms with Gasteiger partial charge in [0, 0.05) is 24.5 Å². The number of nitrogen functional groups attached to an aromatic ring is 1. The normalized spacial score (nSPS) is 13.7. The second-order valence-electron chi connectivity index (χ2n) is 4.47. The molecule has 6 nitrogen and oxygen atoms in total. The Balaban J connectivity index is 1.90. The van der Waals surface area contributed by atoms with Gasteiger partial charge in [-0.05, 0) is 23.8 Å². The topological polar surface area (TPSA) is 84.4 Å². The van der Waals surface area contributed by atoms with E-state index in [1.54, 1.807) is 11.0 Å². The number of carbonyl (C=O) groups is 1. The van der Waals surface area contributed by atoms with Gasteiger partial charge in [-0.25, -0.2) is 0 Å². The number of nitrogens with zero attached hydrogens (tertiary/aromatic N) is 2. The molecule has 98 valence electrons. The van der Waals surface area contributed by atoms with E-state index in [0.29, 0.717) is 24.5 Å². The van der Waals surface area contributed by atoms with Crippen LogP contribution in [0.2, 0.25) is 0 Å². The van der Waals surface area contributed by atoms with Crippen LogP contribution in [0.1, 0.15) is 11.3 Å². The monoisotopic (exact) mass is 258 g/mol. The van der Waals surface area contributed by atoms with Crippen molar-refractivity contribution in [1.82, 2.24) is 5.16 Å². The van der Waals surface area contributed by atoms with Crippen LogP contribution in [0, 0.1) is 0 Å². The Morgan fingerprint density at radius 1 is 1.47 bits per heavy atom. The molecule has 0 unspecified atom stereocenters. The fraction of sp³-hybridized carbons (Fsp3) is 0.231. The highest BCUT2D eigenvalue weighted by molar-refractivity contribution is 6.01. The van der Waals surface area contributed by atoms with E-state index in [2.05, 4.69) is 10.5 Å². The fourth-order valence-electron chi connectivity index (χ4n) is 2.27. The van der Waals surface area contributed by atoms with Crippen LogP contribution in [0.25, 0.3) is 0 Å². The molecular formula is C13H14N4O2. The van der Waals surface area contributed by atoms with Crippen molar-refractivity contribution >= 4 is 23.1 Å². The van der Waals surface area contributed by atoms with Gasteiger partial charge in [-0.3, -0.25) is 4.79 Å². The van der Waals surface area contributed by atoms with Gasteiger partial charge in [-0.15, -0.1) is 0 Å². The zero-order valence-electron chi connectivity index (χ0n) is 10.5. The van der Waals surface area contributed by atoms with Gasteiger partial charge in [0.1, 0.15) is 0 Å². The van der Waals surface area contributed by atoms with Crippen molar-refractivity contribution in [2.45, 2.75) is 13.0 Å². The van der Waals surface area contributed by atoms with E-state index in [0.717, 1.165) is 16.9 Å². The molecule has 0 bridgehead atoms. The van der Waals surface area contributed by atoms with Crippen LogP contribution in [0.4, 0.5) is 17.2 Å². The smallest absolute Gasteiger partial charge is 0.231 e. The Bertz CT molecular complexity index is 635. The quantitative estimate of drug-likeness (QED) is 0.869. The van der Waals surface area contributed by atoms with Gasteiger partial charge in [0.05, 0.1) is 13.0 Å². The van der Waals surface area contributed by atoms with Gasteiger partial charge < -0.3 is 20.5 Å². The lowest BCUT2D eigenvalue weighted by molar-refractivity contribution is -0.117. The van der Waals surface area contributed by atoms with E-state index >= 15 is 0 Å². The lowest BCUT2D eigenvalue weighted by Gasteiger charge is -2.15. The summed E-state index contributed by atoms with van der Waals surface area (Å²) in [4.78, 5) is 13.7. The summed E-state index contributed by atoms with van der Waals surface area (Å²) in [5, 5.41) is 6.69. The largest absolute Gasteiger partial charge is 0.388 e. The molecule has 1 amide bonds. The van der Waals surface area contributed by atoms with Gasteiger partial charge >= 0.3 is 0 Å². The molecule has 0 radical (unpaired) electrons. The molecule has 3 N–H and O–H groups in total. The number of benzene rings is 1. The van der Waals surface area contributed by atoms with Gasteiger partial charge in [0.15, 0.2) is 11.6 Å². The summed E-state index contributed by atoms with van der Waals surface area (Å²) < 4.78 is 5.05. The molecule has 0 fully saturated rings. The molecule has 0 atom stereocenters. The first kappa shape index (κ1) is 11.6. The molecule has 1 aromatic heterocycles. The molecule has 19 heavy (non-hydrogen) atoms. The third-order valence-corrected chi connectivity index (χ3v) is 3.19. The highest BCUT2D eigenvalue weighted by Gasteiger charge is 2.28. The first-order valence-electron chi connectivity index (χ1n) is 5.99. The number of anilines is 3. The summed E-state index contributed by atoms with van der Waals surface area (Å²) in [6.45, 7) is 0.356. The summed E-state index contributed by atoms with van der Waals surface area (Å²) in [5.74, 6) is 0.960. The Kier molecular flexibility index (Phi) is 2.63. The minimum absolute atomic E-state index is 0.0539. The number of fused-ring (bicyclic) bond motifs is 1. The number of nitrogens with two attached hydrogens (primary N) is 1. The SMILES string of the molecule is CNc1ccc2c(c1)CC(=O)N2Cc1cc(N)no1. The summed E-state index contributed by atoms with van der Waals surface area (Å²) in [7, 11) is 1.85. The lowest BCUT2D eigenvalue weighted by atomic mass is 10.1. The molecule has 6 heteroatoms. The number of nitrogens with one attached hydrogen (secondary N) is 1. The number of hydrogen-bond acceptors (Lipinski definition) is 5. The van der Waals surface area contributed by atoms with Crippen LogP contribution in [-0.2, 0) is 17.8 Å². The Morgan fingerprint density at radius 3 is 3.00 bits per heavy atom. The standard InChI is InChI=1S/C13H14N4O2/c1-15-9-2-3-11-8(4-9)5-13(18)17(11)7-10-6-12(14)16-19-10/h2-4,6,15H,5,7H2,1H3,(H2,14,16). The van der Waals surface area contributed by atoms with Crippen molar-refractivity contribution in [3.63, 3.8) is 0 Å². The Labute approximate surface area is 110 Å². The summed E-state index contributed by atoms with van der Waals surface area (Å²) in [5.41, 5.74) is 8.43. The maximum Gasteiger partial charge on any atom is 0.231 e. The zero-order valence-corrected chi connectivity index (χ0v) is 10.5. The van der Waals surface area contributed by atoms with Crippen LogP contribution in [0.15, 0.2) is 28.8 Å². The Hall–Kier alpha value is -2.50. The zero-order chi connectivity index (χ0) is 13.4. The van der Waals surface area contributed by atoms with E-state index in [4.69, 9.17) is 10.3 Å². The van der Waals surface area contributed by atoms with E-state index < -0.39 is 0 Å². The van der Waals surface area contributed by atoms with Crippen molar-refractivity contribution < 1.29 is 9.32 Å². The van der Waals surface area contributed by atoms with E-state index in [-0.39, 0.29) is 5.91 Å². The second-order valence-corrected chi connectivity index (χ2v) is 4.47. The molecule has 0 saturated carbocycles. The molecule has 0 aliphatic carbocycles. The molecule has 2 aromatic rings. The van der Waals surface area contributed by atoms with Gasteiger partial charge in [0.2, 0.25) is 5.91 Å². The molecule has 1 aliphatic heterocycles. The van der Waals surface area contributed by atoms with Crippen LogP contribution in [0.5, 0.6) is 0 Å². The van der Waals surface area contributed by atoms with Crippen LogP contribution in [-0.4, -0.2) is 18.1 Å². The molecule has 0 spiro atoms. The van der Waals surface area contributed by atoms with Crippen molar-refractivity contribution in [3.05, 3.63) is 35.6 Å². The minimum Gasteiger partial charge on any atom is -0.388 e. The third-order valence-electron chi connectivity index (χ3n) is 3.19. The second kappa shape index (κ2) is 4.31. The maximum absolute atomic E-state index is 12.1. The summed E-state index contributed by atoms with van der Waals surface area (Å²) >= 11 is 0. The highest BCUT2D eigenvalue weighted by Crippen LogP contribution is 2.32. The number of rotatable bonds is 3. The third kappa shape index (κ3) is 2.01.